The molecule has 2 fully saturated rings. The van der Waals surface area contributed by atoms with E-state index in [9.17, 15) is 9.90 Å². The van der Waals surface area contributed by atoms with Crippen LogP contribution in [0.2, 0.25) is 5.02 Å². The van der Waals surface area contributed by atoms with Crippen molar-refractivity contribution < 1.29 is 15.0 Å². The van der Waals surface area contributed by atoms with Crippen LogP contribution in [0.1, 0.15) is 57.9 Å². The van der Waals surface area contributed by atoms with E-state index in [1.165, 1.54) is 4.90 Å². The molecule has 1 amide bonds. The number of nitrogens with zero attached hydrogens (tertiary/aromatic N) is 1. The molecule has 1 saturated heterocycles. The standard InChI is InChI=1S/C21H30ClNO3/c1-20(2)10-7-17(13-15-8-11-23(12-9-15)19(24)25)21(26,14-20)16-3-5-18(22)6-4-16/h3-6,15,17,26H,7-14H2,1-2H3,(H,24,25). The lowest BCUT2D eigenvalue weighted by atomic mass is 9.60. The lowest BCUT2D eigenvalue weighted by Gasteiger charge is -2.49. The quantitative estimate of drug-likeness (QED) is 0.764. The molecule has 1 aliphatic carbocycles. The molecule has 1 aromatic rings. The van der Waals surface area contributed by atoms with Crippen LogP contribution in [-0.4, -0.2) is 34.3 Å². The zero-order valence-electron chi connectivity index (χ0n) is 15.7. The Labute approximate surface area is 161 Å². The van der Waals surface area contributed by atoms with Crippen molar-refractivity contribution in [2.45, 2.75) is 58.0 Å². The molecule has 0 radical (unpaired) electrons. The Morgan fingerprint density at radius 3 is 2.38 bits per heavy atom. The number of hydrogen-bond acceptors (Lipinski definition) is 2. The van der Waals surface area contributed by atoms with Crippen molar-refractivity contribution in [2.75, 3.05) is 13.1 Å². The molecule has 5 heteroatoms. The molecule has 0 aromatic heterocycles. The average molecular weight is 380 g/mol. The third kappa shape index (κ3) is 4.17. The third-order valence-electron chi connectivity index (χ3n) is 6.44. The molecule has 1 saturated carbocycles. The van der Waals surface area contributed by atoms with E-state index in [1.807, 2.05) is 24.3 Å². The molecule has 4 nitrogen and oxygen atoms in total. The predicted octanol–water partition coefficient (Wildman–Crippen LogP) is 5.13. The number of carbonyl (C=O) groups is 1. The minimum absolute atomic E-state index is 0.109. The molecule has 2 N–H and O–H groups in total. The van der Waals surface area contributed by atoms with Crippen LogP contribution < -0.4 is 0 Å². The lowest BCUT2D eigenvalue weighted by Crippen LogP contribution is -2.45. The van der Waals surface area contributed by atoms with E-state index in [1.54, 1.807) is 0 Å². The highest BCUT2D eigenvalue weighted by molar-refractivity contribution is 6.30. The molecule has 2 unspecified atom stereocenters. The maximum atomic E-state index is 11.8. The van der Waals surface area contributed by atoms with Crippen LogP contribution in [0.25, 0.3) is 0 Å². The minimum Gasteiger partial charge on any atom is -0.465 e. The van der Waals surface area contributed by atoms with Gasteiger partial charge in [0.05, 0.1) is 5.60 Å². The molecule has 0 spiro atoms. The van der Waals surface area contributed by atoms with E-state index >= 15 is 0 Å². The summed E-state index contributed by atoms with van der Waals surface area (Å²) in [6.07, 6.45) is 4.79. The third-order valence-corrected chi connectivity index (χ3v) is 6.69. The summed E-state index contributed by atoms with van der Waals surface area (Å²) in [6, 6.07) is 7.64. The lowest BCUT2D eigenvalue weighted by molar-refractivity contribution is -0.101. The first kappa shape index (κ1) is 19.5. The Morgan fingerprint density at radius 2 is 1.81 bits per heavy atom. The molecule has 3 rings (SSSR count). The Balaban J connectivity index is 1.76. The van der Waals surface area contributed by atoms with Crippen LogP contribution in [0.15, 0.2) is 24.3 Å². The van der Waals surface area contributed by atoms with Crippen molar-refractivity contribution in [3.05, 3.63) is 34.9 Å². The first-order valence-corrected chi connectivity index (χ1v) is 10.0. The number of amides is 1. The van der Waals surface area contributed by atoms with Gasteiger partial charge in [0.1, 0.15) is 0 Å². The van der Waals surface area contributed by atoms with Crippen molar-refractivity contribution in [3.8, 4) is 0 Å². The number of rotatable bonds is 3. The summed E-state index contributed by atoms with van der Waals surface area (Å²) in [7, 11) is 0. The number of benzene rings is 1. The maximum absolute atomic E-state index is 11.8. The minimum atomic E-state index is -0.837. The monoisotopic (exact) mass is 379 g/mol. The Hall–Kier alpha value is -1.26. The van der Waals surface area contributed by atoms with Gasteiger partial charge in [-0.2, -0.15) is 0 Å². The van der Waals surface area contributed by atoms with Crippen LogP contribution in [0.4, 0.5) is 4.79 Å². The smallest absolute Gasteiger partial charge is 0.407 e. The number of likely N-dealkylation sites (tertiary alicyclic amines) is 1. The zero-order chi connectivity index (χ0) is 18.9. The van der Waals surface area contributed by atoms with Crippen molar-refractivity contribution in [2.24, 2.45) is 17.3 Å². The molecule has 1 heterocycles. The number of carboxylic acid groups (broad SMARTS) is 1. The molecule has 1 aromatic carbocycles. The van der Waals surface area contributed by atoms with E-state index in [4.69, 9.17) is 16.7 Å². The van der Waals surface area contributed by atoms with Gasteiger partial charge in [0, 0.05) is 18.1 Å². The van der Waals surface area contributed by atoms with Gasteiger partial charge in [-0.25, -0.2) is 4.79 Å². The highest BCUT2D eigenvalue weighted by Gasteiger charge is 2.47. The molecule has 144 valence electrons. The summed E-state index contributed by atoms with van der Waals surface area (Å²) in [5.41, 5.74) is 0.232. The van der Waals surface area contributed by atoms with Gasteiger partial charge in [-0.15, -0.1) is 0 Å². The van der Waals surface area contributed by atoms with E-state index in [0.717, 1.165) is 44.1 Å². The second-order valence-electron chi connectivity index (χ2n) is 8.96. The van der Waals surface area contributed by atoms with Gasteiger partial charge in [0.15, 0.2) is 0 Å². The van der Waals surface area contributed by atoms with Gasteiger partial charge in [-0.1, -0.05) is 37.6 Å². The Bertz CT molecular complexity index is 637. The van der Waals surface area contributed by atoms with Crippen LogP contribution in [0, 0.1) is 17.3 Å². The van der Waals surface area contributed by atoms with Gasteiger partial charge >= 0.3 is 6.09 Å². The van der Waals surface area contributed by atoms with Crippen LogP contribution in [0.5, 0.6) is 0 Å². The van der Waals surface area contributed by atoms with Crippen molar-refractivity contribution in [3.63, 3.8) is 0 Å². The summed E-state index contributed by atoms with van der Waals surface area (Å²) in [5.74, 6) is 0.689. The molecule has 0 bridgehead atoms. The topological polar surface area (TPSA) is 60.8 Å². The second kappa shape index (κ2) is 7.40. The first-order chi connectivity index (χ1) is 12.2. The van der Waals surface area contributed by atoms with Crippen molar-refractivity contribution in [1.82, 2.24) is 4.90 Å². The van der Waals surface area contributed by atoms with Gasteiger partial charge in [-0.3, -0.25) is 0 Å². The summed E-state index contributed by atoms with van der Waals surface area (Å²) in [4.78, 5) is 12.6. The highest BCUT2D eigenvalue weighted by atomic mass is 35.5. The van der Waals surface area contributed by atoms with Crippen LogP contribution in [0.3, 0.4) is 0 Å². The molecule has 2 aliphatic rings. The van der Waals surface area contributed by atoms with E-state index in [2.05, 4.69) is 13.8 Å². The van der Waals surface area contributed by atoms with Gasteiger partial charge in [0.25, 0.3) is 0 Å². The molecule has 26 heavy (non-hydrogen) atoms. The Kier molecular flexibility index (Phi) is 5.55. The van der Waals surface area contributed by atoms with Crippen LogP contribution in [-0.2, 0) is 5.60 Å². The normalized spacial score (nSPS) is 29.5. The average Bonchev–Trinajstić information content (AvgIpc) is 2.58. The second-order valence-corrected chi connectivity index (χ2v) is 9.39. The zero-order valence-corrected chi connectivity index (χ0v) is 16.5. The van der Waals surface area contributed by atoms with Gasteiger partial charge in [-0.05, 0) is 73.5 Å². The predicted molar refractivity (Wildman–Crippen MR) is 103 cm³/mol. The summed E-state index contributed by atoms with van der Waals surface area (Å²) < 4.78 is 0. The summed E-state index contributed by atoms with van der Waals surface area (Å²) >= 11 is 6.05. The molecular weight excluding hydrogens is 350 g/mol. The summed E-state index contributed by atoms with van der Waals surface area (Å²) in [5, 5.41) is 21.6. The van der Waals surface area contributed by atoms with Gasteiger partial charge in [0.2, 0.25) is 0 Å². The van der Waals surface area contributed by atoms with E-state index in [0.29, 0.717) is 24.0 Å². The number of aliphatic hydroxyl groups is 1. The Morgan fingerprint density at radius 1 is 1.19 bits per heavy atom. The van der Waals surface area contributed by atoms with E-state index in [-0.39, 0.29) is 11.3 Å². The molecule has 2 atom stereocenters. The highest BCUT2D eigenvalue weighted by Crippen LogP contribution is 2.52. The van der Waals surface area contributed by atoms with E-state index < -0.39 is 11.7 Å². The van der Waals surface area contributed by atoms with Crippen LogP contribution >= 0.6 is 11.6 Å². The van der Waals surface area contributed by atoms with Crippen molar-refractivity contribution in [1.29, 1.82) is 0 Å². The number of halogens is 1. The van der Waals surface area contributed by atoms with Crippen molar-refractivity contribution >= 4 is 17.7 Å². The van der Waals surface area contributed by atoms with Gasteiger partial charge < -0.3 is 15.1 Å². The fraction of sp³-hybridized carbons (Fsp3) is 0.667. The number of piperidine rings is 1. The maximum Gasteiger partial charge on any atom is 0.407 e. The fourth-order valence-corrected chi connectivity index (χ4v) is 5.04. The largest absolute Gasteiger partial charge is 0.465 e. The SMILES string of the molecule is CC1(C)CCC(CC2CCN(C(=O)O)CC2)C(O)(c2ccc(Cl)cc2)C1. The molecular formula is C21H30ClNO3. The fourth-order valence-electron chi connectivity index (χ4n) is 4.92. The summed E-state index contributed by atoms with van der Waals surface area (Å²) in [6.45, 7) is 5.68. The molecule has 1 aliphatic heterocycles. The number of hydrogen-bond donors (Lipinski definition) is 2. The first-order valence-electron chi connectivity index (χ1n) is 9.66.